The number of aromatic nitrogens is 1. The zero-order chi connectivity index (χ0) is 11.8. The van der Waals surface area contributed by atoms with E-state index >= 15 is 0 Å². The van der Waals surface area contributed by atoms with Crippen LogP contribution in [0, 0.1) is 9.65 Å². The SMILES string of the molecule is NS(=O)(=O)c1cc(C(F)F)c(I)nc1F. The van der Waals surface area contributed by atoms with E-state index in [-0.39, 0.29) is 3.70 Å². The van der Waals surface area contributed by atoms with Gasteiger partial charge in [0.05, 0.1) is 5.56 Å². The van der Waals surface area contributed by atoms with Crippen molar-refractivity contribution in [3.05, 3.63) is 21.3 Å². The van der Waals surface area contributed by atoms with Crippen LogP contribution in [0.2, 0.25) is 0 Å². The molecule has 0 saturated heterocycles. The summed E-state index contributed by atoms with van der Waals surface area (Å²) in [6.45, 7) is 0. The smallest absolute Gasteiger partial charge is 0.224 e. The number of nitrogens with two attached hydrogens (primary N) is 1. The molecule has 1 rings (SSSR count). The third-order valence-corrected chi connectivity index (χ3v) is 3.23. The third-order valence-electron chi connectivity index (χ3n) is 1.47. The third kappa shape index (κ3) is 2.78. The summed E-state index contributed by atoms with van der Waals surface area (Å²) < 4.78 is 58.9. The Morgan fingerprint density at radius 2 is 2.00 bits per heavy atom. The summed E-state index contributed by atoms with van der Waals surface area (Å²) >= 11 is 1.38. The first-order chi connectivity index (χ1) is 6.73. The predicted molar refractivity (Wildman–Crippen MR) is 53.2 cm³/mol. The Kier molecular flexibility index (Phi) is 3.55. The van der Waals surface area contributed by atoms with Crippen molar-refractivity contribution in [2.45, 2.75) is 11.3 Å². The first-order valence-corrected chi connectivity index (χ1v) is 6.03. The Hall–Kier alpha value is -0.420. The summed E-state index contributed by atoms with van der Waals surface area (Å²) in [7, 11) is -4.38. The van der Waals surface area contributed by atoms with Gasteiger partial charge in [0.25, 0.3) is 6.43 Å². The molecule has 0 radical (unpaired) electrons. The number of nitrogens with zero attached hydrogens (tertiary/aromatic N) is 1. The van der Waals surface area contributed by atoms with Crippen LogP contribution in [0.1, 0.15) is 12.0 Å². The van der Waals surface area contributed by atoms with Gasteiger partial charge in [0.1, 0.15) is 8.60 Å². The Labute approximate surface area is 96.9 Å². The van der Waals surface area contributed by atoms with E-state index in [0.29, 0.717) is 6.07 Å². The molecule has 0 aliphatic carbocycles. The van der Waals surface area contributed by atoms with Crippen molar-refractivity contribution in [2.75, 3.05) is 0 Å². The fourth-order valence-corrected chi connectivity index (χ4v) is 1.99. The molecular formula is C6H4F3IN2O2S. The Balaban J connectivity index is 3.50. The van der Waals surface area contributed by atoms with Gasteiger partial charge < -0.3 is 0 Å². The Morgan fingerprint density at radius 1 is 1.47 bits per heavy atom. The van der Waals surface area contributed by atoms with Gasteiger partial charge >= 0.3 is 0 Å². The predicted octanol–water partition coefficient (Wildman–Crippen LogP) is 1.41. The van der Waals surface area contributed by atoms with Gasteiger partial charge in [-0.25, -0.2) is 27.3 Å². The van der Waals surface area contributed by atoms with Gasteiger partial charge in [-0.2, -0.15) is 4.39 Å². The maximum absolute atomic E-state index is 13.0. The number of hydrogen-bond donors (Lipinski definition) is 1. The van der Waals surface area contributed by atoms with E-state index in [9.17, 15) is 21.6 Å². The molecule has 0 fully saturated rings. The van der Waals surface area contributed by atoms with E-state index in [0.717, 1.165) is 0 Å². The molecule has 0 amide bonds. The van der Waals surface area contributed by atoms with E-state index in [2.05, 4.69) is 10.1 Å². The summed E-state index contributed by atoms with van der Waals surface area (Å²) in [5.41, 5.74) is -0.666. The van der Waals surface area contributed by atoms with Gasteiger partial charge in [0.15, 0.2) is 0 Å². The van der Waals surface area contributed by atoms with Crippen molar-refractivity contribution in [1.82, 2.24) is 4.98 Å². The fraction of sp³-hybridized carbons (Fsp3) is 0.167. The summed E-state index contributed by atoms with van der Waals surface area (Å²) in [4.78, 5) is 2.01. The number of sulfonamides is 1. The number of hydrogen-bond acceptors (Lipinski definition) is 3. The maximum atomic E-state index is 13.0. The largest absolute Gasteiger partial charge is 0.266 e. The average Bonchev–Trinajstić information content (AvgIpc) is 2.00. The van der Waals surface area contributed by atoms with Crippen LogP contribution < -0.4 is 5.14 Å². The number of pyridine rings is 1. The molecule has 0 saturated carbocycles. The minimum absolute atomic E-state index is 0.299. The van der Waals surface area contributed by atoms with Crippen molar-refractivity contribution in [3.63, 3.8) is 0 Å². The van der Waals surface area contributed by atoms with Gasteiger partial charge in [-0.1, -0.05) is 0 Å². The van der Waals surface area contributed by atoms with Crippen LogP contribution in [0.25, 0.3) is 0 Å². The summed E-state index contributed by atoms with van der Waals surface area (Å²) in [6.07, 6.45) is -2.94. The summed E-state index contributed by atoms with van der Waals surface area (Å²) in [6, 6.07) is 0.490. The Bertz CT molecular complexity index is 491. The molecule has 0 unspecified atom stereocenters. The molecule has 0 spiro atoms. The van der Waals surface area contributed by atoms with Crippen molar-refractivity contribution in [1.29, 1.82) is 0 Å². The molecule has 9 heteroatoms. The van der Waals surface area contributed by atoms with Gasteiger partial charge in [0, 0.05) is 0 Å². The minimum atomic E-state index is -4.38. The second-order valence-corrected chi connectivity index (χ2v) is 5.05. The molecule has 0 aliphatic rings. The molecular weight excluding hydrogens is 348 g/mol. The van der Waals surface area contributed by atoms with E-state index in [4.69, 9.17) is 0 Å². The quantitative estimate of drug-likeness (QED) is 0.646. The molecule has 1 heterocycles. The number of alkyl halides is 2. The molecule has 84 valence electrons. The van der Waals surface area contributed by atoms with Crippen LogP contribution in [0.3, 0.4) is 0 Å². The van der Waals surface area contributed by atoms with Crippen molar-refractivity contribution >= 4 is 32.6 Å². The highest BCUT2D eigenvalue weighted by atomic mass is 127. The molecule has 1 aromatic heterocycles. The van der Waals surface area contributed by atoms with Crippen LogP contribution in [-0.4, -0.2) is 13.4 Å². The Morgan fingerprint density at radius 3 is 2.40 bits per heavy atom. The topological polar surface area (TPSA) is 73.1 Å². The number of primary sulfonamides is 1. The van der Waals surface area contributed by atoms with E-state index in [1.54, 1.807) is 0 Å². The van der Waals surface area contributed by atoms with E-state index in [1.807, 2.05) is 0 Å². The van der Waals surface area contributed by atoms with Crippen molar-refractivity contribution in [3.8, 4) is 0 Å². The first-order valence-electron chi connectivity index (χ1n) is 3.40. The van der Waals surface area contributed by atoms with Crippen LogP contribution >= 0.6 is 22.6 Å². The van der Waals surface area contributed by atoms with Gasteiger partial charge in [-0.05, 0) is 28.7 Å². The summed E-state index contributed by atoms with van der Waals surface area (Å²) in [5.74, 6) is -1.38. The molecule has 4 nitrogen and oxygen atoms in total. The highest BCUT2D eigenvalue weighted by Crippen LogP contribution is 2.26. The number of halogens is 4. The van der Waals surface area contributed by atoms with Crippen molar-refractivity contribution in [2.24, 2.45) is 5.14 Å². The second kappa shape index (κ2) is 4.22. The highest BCUT2D eigenvalue weighted by Gasteiger charge is 2.22. The lowest BCUT2D eigenvalue weighted by Gasteiger charge is -2.05. The summed E-state index contributed by atoms with van der Waals surface area (Å²) in [5, 5.41) is 4.62. The lowest BCUT2D eigenvalue weighted by molar-refractivity contribution is 0.149. The second-order valence-electron chi connectivity index (χ2n) is 2.50. The lowest BCUT2D eigenvalue weighted by Crippen LogP contribution is -2.16. The van der Waals surface area contributed by atoms with Crippen LogP contribution in [0.4, 0.5) is 13.2 Å². The molecule has 0 atom stereocenters. The normalized spacial score (nSPS) is 12.1. The molecule has 1 aromatic rings. The molecule has 2 N–H and O–H groups in total. The highest BCUT2D eigenvalue weighted by molar-refractivity contribution is 14.1. The van der Waals surface area contributed by atoms with Gasteiger partial charge in [-0.3, -0.25) is 0 Å². The molecule has 15 heavy (non-hydrogen) atoms. The van der Waals surface area contributed by atoms with E-state index < -0.39 is 32.9 Å². The first kappa shape index (κ1) is 12.6. The number of rotatable bonds is 2. The minimum Gasteiger partial charge on any atom is -0.224 e. The lowest BCUT2D eigenvalue weighted by atomic mass is 10.3. The zero-order valence-corrected chi connectivity index (χ0v) is 9.89. The zero-order valence-electron chi connectivity index (χ0n) is 6.92. The maximum Gasteiger partial charge on any atom is 0.266 e. The standard InChI is InChI=1S/C6H4F3IN2O2S/c7-4(8)2-1-3(15(11,13)14)5(9)12-6(2)10/h1,4H,(H2,11,13,14). The van der Waals surface area contributed by atoms with Crippen LogP contribution in [0.15, 0.2) is 11.0 Å². The average molecular weight is 352 g/mol. The van der Waals surface area contributed by atoms with Crippen LogP contribution in [0.5, 0.6) is 0 Å². The van der Waals surface area contributed by atoms with E-state index in [1.165, 1.54) is 22.6 Å². The molecule has 0 bridgehead atoms. The van der Waals surface area contributed by atoms with Gasteiger partial charge in [-0.15, -0.1) is 0 Å². The monoisotopic (exact) mass is 352 g/mol. The fourth-order valence-electron chi connectivity index (χ4n) is 0.819. The van der Waals surface area contributed by atoms with Gasteiger partial charge in [0.2, 0.25) is 16.0 Å². The molecule has 0 aromatic carbocycles. The van der Waals surface area contributed by atoms with Crippen LogP contribution in [-0.2, 0) is 10.0 Å². The van der Waals surface area contributed by atoms with Crippen molar-refractivity contribution < 1.29 is 21.6 Å². The molecule has 0 aliphatic heterocycles.